The second-order valence-corrected chi connectivity index (χ2v) is 4.98. The summed E-state index contributed by atoms with van der Waals surface area (Å²) in [6.07, 6.45) is -1.01. The van der Waals surface area contributed by atoms with E-state index in [1.165, 1.54) is 0 Å². The van der Waals surface area contributed by atoms with E-state index < -0.39 is 12.1 Å². The van der Waals surface area contributed by atoms with E-state index in [9.17, 15) is 5.11 Å². The minimum absolute atomic E-state index is 0.160. The standard InChI is InChI=1S/C16H15N3O4/c1-21-12-5-2-10(3-6-12)15(18-19-17)16(20)11-4-7-13-14(8-11)23-9-22-13/h2-8,15-16,20H,9H2,1H3/t15-,16+/m0/s1. The second kappa shape index (κ2) is 6.48. The number of aliphatic hydroxyl groups excluding tert-OH is 1. The fraction of sp³-hybridized carbons (Fsp3) is 0.250. The Balaban J connectivity index is 1.91. The number of rotatable bonds is 5. The van der Waals surface area contributed by atoms with Gasteiger partial charge in [0, 0.05) is 4.91 Å². The van der Waals surface area contributed by atoms with E-state index in [2.05, 4.69) is 10.0 Å². The molecule has 0 aliphatic carbocycles. The van der Waals surface area contributed by atoms with Gasteiger partial charge in [-0.3, -0.25) is 0 Å². The highest BCUT2D eigenvalue weighted by molar-refractivity contribution is 5.45. The van der Waals surface area contributed by atoms with Crippen molar-refractivity contribution < 1.29 is 19.3 Å². The topological polar surface area (TPSA) is 96.7 Å². The molecule has 7 heteroatoms. The number of benzene rings is 2. The highest BCUT2D eigenvalue weighted by atomic mass is 16.7. The Hall–Kier alpha value is -2.89. The van der Waals surface area contributed by atoms with E-state index in [0.29, 0.717) is 28.4 Å². The first-order chi connectivity index (χ1) is 11.2. The first-order valence-corrected chi connectivity index (χ1v) is 6.98. The van der Waals surface area contributed by atoms with Gasteiger partial charge in [0.1, 0.15) is 5.75 Å². The van der Waals surface area contributed by atoms with Crippen LogP contribution in [0.1, 0.15) is 23.3 Å². The molecule has 23 heavy (non-hydrogen) atoms. The SMILES string of the molecule is COc1ccc([C@H](N=[N+]=[N-])[C@H](O)c2ccc3c(c2)OCO3)cc1. The molecule has 1 aliphatic rings. The normalized spacial score (nSPS) is 14.7. The molecule has 0 bridgehead atoms. The van der Waals surface area contributed by atoms with Crippen LogP contribution in [-0.2, 0) is 0 Å². The smallest absolute Gasteiger partial charge is 0.231 e. The van der Waals surface area contributed by atoms with Crippen molar-refractivity contribution in [2.45, 2.75) is 12.1 Å². The van der Waals surface area contributed by atoms with E-state index in [4.69, 9.17) is 19.7 Å². The molecule has 0 saturated carbocycles. The first kappa shape index (κ1) is 15.0. The Kier molecular flexibility index (Phi) is 4.23. The van der Waals surface area contributed by atoms with E-state index in [-0.39, 0.29) is 6.79 Å². The number of nitrogens with zero attached hydrogens (tertiary/aromatic N) is 3. The zero-order valence-corrected chi connectivity index (χ0v) is 12.4. The summed E-state index contributed by atoms with van der Waals surface area (Å²) in [5.74, 6) is 1.88. The molecular formula is C16H15N3O4. The Morgan fingerprint density at radius 2 is 1.83 bits per heavy atom. The van der Waals surface area contributed by atoms with Gasteiger partial charge in [-0.05, 0) is 40.9 Å². The fourth-order valence-electron chi connectivity index (χ4n) is 2.45. The lowest BCUT2D eigenvalue weighted by molar-refractivity contribution is 0.146. The van der Waals surface area contributed by atoms with Gasteiger partial charge >= 0.3 is 0 Å². The predicted octanol–water partition coefficient (Wildman–Crippen LogP) is 3.51. The molecule has 7 nitrogen and oxygen atoms in total. The minimum Gasteiger partial charge on any atom is -0.497 e. The zero-order valence-electron chi connectivity index (χ0n) is 12.4. The largest absolute Gasteiger partial charge is 0.497 e. The van der Waals surface area contributed by atoms with Gasteiger partial charge in [0.25, 0.3) is 0 Å². The van der Waals surface area contributed by atoms with Gasteiger partial charge in [-0.15, -0.1) is 0 Å². The van der Waals surface area contributed by atoms with Crippen LogP contribution in [0.3, 0.4) is 0 Å². The number of fused-ring (bicyclic) bond motifs is 1. The van der Waals surface area contributed by atoms with E-state index in [1.54, 1.807) is 49.6 Å². The van der Waals surface area contributed by atoms with Crippen molar-refractivity contribution in [2.24, 2.45) is 5.11 Å². The lowest BCUT2D eigenvalue weighted by atomic mass is 9.96. The average molecular weight is 313 g/mol. The molecule has 0 radical (unpaired) electrons. The van der Waals surface area contributed by atoms with Crippen LogP contribution in [0.5, 0.6) is 17.2 Å². The second-order valence-electron chi connectivity index (χ2n) is 4.98. The number of hydrogen-bond acceptors (Lipinski definition) is 5. The summed E-state index contributed by atoms with van der Waals surface area (Å²) >= 11 is 0. The van der Waals surface area contributed by atoms with Gasteiger partial charge in [0.05, 0.1) is 19.3 Å². The molecule has 1 aliphatic heterocycles. The summed E-state index contributed by atoms with van der Waals surface area (Å²) in [7, 11) is 1.57. The van der Waals surface area contributed by atoms with Crippen LogP contribution in [0.2, 0.25) is 0 Å². The van der Waals surface area contributed by atoms with Crippen LogP contribution in [0.4, 0.5) is 0 Å². The number of aliphatic hydroxyl groups is 1. The maximum absolute atomic E-state index is 10.6. The van der Waals surface area contributed by atoms with Gasteiger partial charge in [-0.2, -0.15) is 0 Å². The van der Waals surface area contributed by atoms with Gasteiger partial charge in [0.15, 0.2) is 11.5 Å². The summed E-state index contributed by atoms with van der Waals surface area (Å²) in [6.45, 7) is 0.160. The summed E-state index contributed by atoms with van der Waals surface area (Å²) < 4.78 is 15.7. The number of ether oxygens (including phenoxy) is 3. The number of azide groups is 1. The van der Waals surface area contributed by atoms with Crippen molar-refractivity contribution in [3.63, 3.8) is 0 Å². The molecule has 2 aromatic carbocycles. The number of hydrogen-bond donors (Lipinski definition) is 1. The third-order valence-electron chi connectivity index (χ3n) is 3.67. The van der Waals surface area contributed by atoms with Crippen LogP contribution >= 0.6 is 0 Å². The van der Waals surface area contributed by atoms with E-state index in [0.717, 1.165) is 0 Å². The van der Waals surface area contributed by atoms with E-state index >= 15 is 0 Å². The molecule has 0 saturated heterocycles. The van der Waals surface area contributed by atoms with Gasteiger partial charge in [-0.25, -0.2) is 0 Å². The predicted molar refractivity (Wildman–Crippen MR) is 82.4 cm³/mol. The van der Waals surface area contributed by atoms with Crippen molar-refractivity contribution in [3.8, 4) is 17.2 Å². The van der Waals surface area contributed by atoms with Gasteiger partial charge < -0.3 is 19.3 Å². The highest BCUT2D eigenvalue weighted by Crippen LogP contribution is 2.38. The third-order valence-corrected chi connectivity index (χ3v) is 3.67. The van der Waals surface area contributed by atoms with Crippen molar-refractivity contribution in [3.05, 3.63) is 64.0 Å². The van der Waals surface area contributed by atoms with Crippen LogP contribution in [0, 0.1) is 0 Å². The quantitative estimate of drug-likeness (QED) is 0.519. The molecule has 0 unspecified atom stereocenters. The molecule has 1 N–H and O–H groups in total. The van der Waals surface area contributed by atoms with Crippen LogP contribution in [-0.4, -0.2) is 19.0 Å². The Morgan fingerprint density at radius 3 is 2.52 bits per heavy atom. The fourth-order valence-corrected chi connectivity index (χ4v) is 2.45. The first-order valence-electron chi connectivity index (χ1n) is 6.98. The Labute approximate surface area is 132 Å². The molecule has 3 rings (SSSR count). The van der Waals surface area contributed by atoms with Crippen molar-refractivity contribution >= 4 is 0 Å². The van der Waals surface area contributed by atoms with Crippen molar-refractivity contribution in [2.75, 3.05) is 13.9 Å². The van der Waals surface area contributed by atoms with Gasteiger partial charge in [0.2, 0.25) is 6.79 Å². The van der Waals surface area contributed by atoms with Crippen molar-refractivity contribution in [1.82, 2.24) is 0 Å². The van der Waals surface area contributed by atoms with Crippen LogP contribution in [0.15, 0.2) is 47.6 Å². The molecule has 0 aromatic heterocycles. The third kappa shape index (κ3) is 3.01. The lowest BCUT2D eigenvalue weighted by Crippen LogP contribution is -2.08. The van der Waals surface area contributed by atoms with E-state index in [1.807, 2.05) is 0 Å². The van der Waals surface area contributed by atoms with Crippen molar-refractivity contribution in [1.29, 1.82) is 0 Å². The molecule has 0 spiro atoms. The summed E-state index contributed by atoms with van der Waals surface area (Å²) in [4.78, 5) is 2.85. The maximum Gasteiger partial charge on any atom is 0.231 e. The minimum atomic E-state index is -1.01. The number of methoxy groups -OCH3 is 1. The molecule has 0 amide bonds. The summed E-state index contributed by atoms with van der Waals surface area (Å²) in [5, 5.41) is 14.4. The average Bonchev–Trinajstić information content (AvgIpc) is 3.07. The van der Waals surface area contributed by atoms with Gasteiger partial charge in [-0.1, -0.05) is 23.3 Å². The van der Waals surface area contributed by atoms with Crippen LogP contribution in [0.25, 0.3) is 10.4 Å². The molecule has 2 aromatic rings. The molecule has 2 atom stereocenters. The molecular weight excluding hydrogens is 298 g/mol. The monoisotopic (exact) mass is 313 g/mol. The molecule has 0 fully saturated rings. The summed E-state index contributed by atoms with van der Waals surface area (Å²) in [6, 6.07) is 11.4. The molecule has 118 valence electrons. The van der Waals surface area contributed by atoms with Crippen LogP contribution < -0.4 is 14.2 Å². The Morgan fingerprint density at radius 1 is 1.13 bits per heavy atom. The highest BCUT2D eigenvalue weighted by Gasteiger charge is 2.24. The Bertz CT molecular complexity index is 741. The maximum atomic E-state index is 10.6. The lowest BCUT2D eigenvalue weighted by Gasteiger charge is -2.19. The summed E-state index contributed by atoms with van der Waals surface area (Å²) in [5.41, 5.74) is 10.1. The molecule has 1 heterocycles. The zero-order chi connectivity index (χ0) is 16.2.